The first-order chi connectivity index (χ1) is 12.4. The highest BCUT2D eigenvalue weighted by atomic mass is 32.2. The van der Waals surface area contributed by atoms with E-state index >= 15 is 0 Å². The molecule has 1 rings (SSSR count). The highest BCUT2D eigenvalue weighted by Crippen LogP contribution is 2.12. The first-order valence-corrected chi connectivity index (χ1v) is 9.77. The summed E-state index contributed by atoms with van der Waals surface area (Å²) in [5.74, 6) is -1.60. The standard InChI is InChI=1S/C17H25N3O6S/c1-6-18-27(24,25)13-9-7-12(8-10-13)15(22)26-11(2)14(21)19-16(23)20-17(3,4)5/h7-11,18H,6H2,1-5H3,(H2,19,20,21,23)/t11-/m1/s1. The van der Waals surface area contributed by atoms with E-state index in [9.17, 15) is 22.8 Å². The van der Waals surface area contributed by atoms with Crippen LogP contribution in [0.25, 0.3) is 0 Å². The monoisotopic (exact) mass is 399 g/mol. The fourth-order valence-corrected chi connectivity index (χ4v) is 2.95. The first kappa shape index (κ1) is 22.6. The molecule has 10 heteroatoms. The molecule has 0 fully saturated rings. The number of urea groups is 1. The van der Waals surface area contributed by atoms with Crippen molar-refractivity contribution in [1.82, 2.24) is 15.4 Å². The van der Waals surface area contributed by atoms with Gasteiger partial charge in [-0.15, -0.1) is 0 Å². The molecule has 3 amide bonds. The quantitative estimate of drug-likeness (QED) is 0.615. The van der Waals surface area contributed by atoms with Crippen LogP contribution >= 0.6 is 0 Å². The third-order valence-corrected chi connectivity index (χ3v) is 4.67. The summed E-state index contributed by atoms with van der Waals surface area (Å²) in [6.07, 6.45) is -1.21. The minimum atomic E-state index is -3.63. The molecule has 0 saturated heterocycles. The number of hydrogen-bond acceptors (Lipinski definition) is 6. The van der Waals surface area contributed by atoms with Gasteiger partial charge in [0.25, 0.3) is 5.91 Å². The van der Waals surface area contributed by atoms with E-state index in [2.05, 4.69) is 15.4 Å². The van der Waals surface area contributed by atoms with Crippen LogP contribution in [0.15, 0.2) is 29.2 Å². The number of esters is 1. The Morgan fingerprint density at radius 2 is 1.67 bits per heavy atom. The van der Waals surface area contributed by atoms with Crippen molar-refractivity contribution in [3.63, 3.8) is 0 Å². The van der Waals surface area contributed by atoms with Crippen molar-refractivity contribution < 1.29 is 27.5 Å². The number of hydrogen-bond donors (Lipinski definition) is 3. The summed E-state index contributed by atoms with van der Waals surface area (Å²) in [4.78, 5) is 35.7. The van der Waals surface area contributed by atoms with Gasteiger partial charge in [0.1, 0.15) is 0 Å². The van der Waals surface area contributed by atoms with E-state index < -0.39 is 39.6 Å². The number of sulfonamides is 1. The van der Waals surface area contributed by atoms with Crippen molar-refractivity contribution in [3.05, 3.63) is 29.8 Å². The summed E-state index contributed by atoms with van der Waals surface area (Å²) in [6, 6.07) is 4.38. The molecule has 27 heavy (non-hydrogen) atoms. The van der Waals surface area contributed by atoms with Crippen molar-refractivity contribution in [3.8, 4) is 0 Å². The Morgan fingerprint density at radius 1 is 1.11 bits per heavy atom. The van der Waals surface area contributed by atoms with Crippen LogP contribution in [-0.2, 0) is 19.6 Å². The zero-order chi connectivity index (χ0) is 20.8. The van der Waals surface area contributed by atoms with Crippen LogP contribution in [0, 0.1) is 0 Å². The molecule has 1 aromatic rings. The van der Waals surface area contributed by atoms with Gasteiger partial charge >= 0.3 is 12.0 Å². The summed E-state index contributed by atoms with van der Waals surface area (Å²) in [6.45, 7) is 8.46. The van der Waals surface area contributed by atoms with Gasteiger partial charge in [-0.2, -0.15) is 0 Å². The van der Waals surface area contributed by atoms with Gasteiger partial charge in [0, 0.05) is 12.1 Å². The summed E-state index contributed by atoms with van der Waals surface area (Å²) < 4.78 is 31.1. The predicted molar refractivity (Wildman–Crippen MR) is 98.6 cm³/mol. The summed E-state index contributed by atoms with van der Waals surface area (Å²) >= 11 is 0. The fraction of sp³-hybridized carbons (Fsp3) is 0.471. The van der Waals surface area contributed by atoms with Crippen LogP contribution in [0.1, 0.15) is 45.0 Å². The van der Waals surface area contributed by atoms with Crippen LogP contribution in [0.3, 0.4) is 0 Å². The molecule has 0 spiro atoms. The Bertz CT molecular complexity index is 797. The molecule has 150 valence electrons. The van der Waals surface area contributed by atoms with Crippen molar-refractivity contribution in [2.24, 2.45) is 0 Å². The van der Waals surface area contributed by atoms with Crippen LogP contribution in [0.2, 0.25) is 0 Å². The average molecular weight is 399 g/mol. The number of ether oxygens (including phenoxy) is 1. The minimum absolute atomic E-state index is 0.00513. The van der Waals surface area contributed by atoms with E-state index in [-0.39, 0.29) is 17.0 Å². The van der Waals surface area contributed by atoms with Gasteiger partial charge in [0.05, 0.1) is 10.5 Å². The number of amides is 3. The second-order valence-electron chi connectivity index (χ2n) is 6.77. The maximum absolute atomic E-state index is 12.1. The van der Waals surface area contributed by atoms with E-state index in [4.69, 9.17) is 4.74 Å². The molecule has 0 aromatic heterocycles. The number of rotatable bonds is 6. The van der Waals surface area contributed by atoms with Crippen molar-refractivity contribution >= 4 is 27.9 Å². The van der Waals surface area contributed by atoms with E-state index in [0.717, 1.165) is 0 Å². The number of benzene rings is 1. The fourth-order valence-electron chi connectivity index (χ4n) is 1.91. The average Bonchev–Trinajstić information content (AvgIpc) is 2.52. The zero-order valence-electron chi connectivity index (χ0n) is 16.0. The predicted octanol–water partition coefficient (Wildman–Crippen LogP) is 1.15. The van der Waals surface area contributed by atoms with Gasteiger partial charge in [-0.05, 0) is 52.0 Å². The maximum Gasteiger partial charge on any atom is 0.338 e. The van der Waals surface area contributed by atoms with E-state index in [1.54, 1.807) is 27.7 Å². The molecular formula is C17H25N3O6S. The Labute approximate surface area is 158 Å². The molecule has 0 saturated carbocycles. The Balaban J connectivity index is 2.70. The Hall–Kier alpha value is -2.46. The van der Waals surface area contributed by atoms with E-state index in [0.29, 0.717) is 0 Å². The van der Waals surface area contributed by atoms with Crippen molar-refractivity contribution in [1.29, 1.82) is 0 Å². The second kappa shape index (κ2) is 8.96. The molecule has 0 radical (unpaired) electrons. The van der Waals surface area contributed by atoms with Gasteiger partial charge in [0.15, 0.2) is 6.10 Å². The SMILES string of the molecule is CCNS(=O)(=O)c1ccc(C(=O)O[C@H](C)C(=O)NC(=O)NC(C)(C)C)cc1. The molecule has 0 aliphatic rings. The molecule has 0 unspecified atom stereocenters. The molecule has 0 aliphatic heterocycles. The summed E-state index contributed by atoms with van der Waals surface area (Å²) in [7, 11) is -3.63. The lowest BCUT2D eigenvalue weighted by molar-refractivity contribution is -0.127. The molecular weight excluding hydrogens is 374 g/mol. The Kier molecular flexibility index (Phi) is 7.49. The number of carbonyl (C=O) groups excluding carboxylic acids is 3. The number of carbonyl (C=O) groups is 3. The van der Waals surface area contributed by atoms with Crippen molar-refractivity contribution in [2.45, 2.75) is 51.2 Å². The number of nitrogens with one attached hydrogen (secondary N) is 3. The lowest BCUT2D eigenvalue weighted by atomic mass is 10.1. The van der Waals surface area contributed by atoms with Crippen molar-refractivity contribution in [2.75, 3.05) is 6.54 Å². The van der Waals surface area contributed by atoms with Gasteiger partial charge in [0.2, 0.25) is 10.0 Å². The third kappa shape index (κ3) is 7.35. The lowest BCUT2D eigenvalue weighted by Gasteiger charge is -2.21. The Morgan fingerprint density at radius 3 is 2.15 bits per heavy atom. The smallest absolute Gasteiger partial charge is 0.338 e. The summed E-state index contributed by atoms with van der Waals surface area (Å²) in [5, 5.41) is 4.63. The molecule has 1 aromatic carbocycles. The van der Waals surface area contributed by atoms with Crippen LogP contribution in [0.5, 0.6) is 0 Å². The highest BCUT2D eigenvalue weighted by Gasteiger charge is 2.23. The molecule has 0 aliphatic carbocycles. The number of imide groups is 1. The lowest BCUT2D eigenvalue weighted by Crippen LogP contribution is -2.50. The second-order valence-corrected chi connectivity index (χ2v) is 8.53. The minimum Gasteiger partial charge on any atom is -0.449 e. The van der Waals surface area contributed by atoms with Gasteiger partial charge in [-0.3, -0.25) is 10.1 Å². The van der Waals surface area contributed by atoms with Gasteiger partial charge in [-0.25, -0.2) is 22.7 Å². The van der Waals surface area contributed by atoms with Gasteiger partial charge < -0.3 is 10.1 Å². The summed E-state index contributed by atoms with van der Waals surface area (Å²) in [5.41, 5.74) is -0.455. The maximum atomic E-state index is 12.1. The first-order valence-electron chi connectivity index (χ1n) is 8.29. The molecule has 3 N–H and O–H groups in total. The zero-order valence-corrected chi connectivity index (χ0v) is 16.8. The normalized spacial score (nSPS) is 12.8. The largest absolute Gasteiger partial charge is 0.449 e. The molecule has 9 nitrogen and oxygen atoms in total. The molecule has 1 atom stereocenters. The van der Waals surface area contributed by atoms with E-state index in [1.807, 2.05) is 0 Å². The topological polar surface area (TPSA) is 131 Å². The van der Waals surface area contributed by atoms with Crippen LogP contribution in [-0.4, -0.2) is 44.5 Å². The molecule has 0 heterocycles. The highest BCUT2D eigenvalue weighted by molar-refractivity contribution is 7.89. The third-order valence-electron chi connectivity index (χ3n) is 3.11. The van der Waals surface area contributed by atoms with Gasteiger partial charge in [-0.1, -0.05) is 6.92 Å². The van der Waals surface area contributed by atoms with Crippen LogP contribution in [0.4, 0.5) is 4.79 Å². The molecule has 0 bridgehead atoms. The van der Waals surface area contributed by atoms with Crippen LogP contribution < -0.4 is 15.4 Å². The van der Waals surface area contributed by atoms with E-state index in [1.165, 1.54) is 31.2 Å².